The van der Waals surface area contributed by atoms with Crippen LogP contribution in [0.15, 0.2) is 28.1 Å². The van der Waals surface area contributed by atoms with Gasteiger partial charge in [0.05, 0.1) is 11.1 Å². The topological polar surface area (TPSA) is 112 Å². The minimum Gasteiger partial charge on any atom is -0.454 e. The number of oxime groups is 1. The molecule has 4 rings (SSSR count). The largest absolute Gasteiger partial charge is 0.454 e. The summed E-state index contributed by atoms with van der Waals surface area (Å²) in [5.74, 6) is 0.964. The summed E-state index contributed by atoms with van der Waals surface area (Å²) in [7, 11) is 0. The van der Waals surface area contributed by atoms with Crippen molar-refractivity contribution in [3.63, 3.8) is 0 Å². The van der Waals surface area contributed by atoms with Crippen LogP contribution in [0, 0.1) is 13.8 Å². The van der Waals surface area contributed by atoms with Crippen LogP contribution >= 0.6 is 11.3 Å². The maximum Gasteiger partial charge on any atom is 0.347 e. The Bertz CT molecular complexity index is 1250. The van der Waals surface area contributed by atoms with Crippen LogP contribution in [-0.2, 0) is 14.4 Å². The molecule has 162 valence electrons. The zero-order valence-electron chi connectivity index (χ0n) is 17.5. The lowest BCUT2D eigenvalue weighted by Crippen LogP contribution is -2.19. The average Bonchev–Trinajstić information content (AvgIpc) is 3.31. The molecule has 10 heteroatoms. The predicted molar refractivity (Wildman–Crippen MR) is 115 cm³/mol. The van der Waals surface area contributed by atoms with Gasteiger partial charge in [-0.05, 0) is 51.5 Å². The molecule has 9 nitrogen and oxygen atoms in total. The van der Waals surface area contributed by atoms with Crippen LogP contribution in [0.3, 0.4) is 0 Å². The van der Waals surface area contributed by atoms with Crippen molar-refractivity contribution >= 4 is 33.2 Å². The lowest BCUT2D eigenvalue weighted by molar-refractivity contribution is -0.154. The van der Waals surface area contributed by atoms with E-state index in [1.165, 1.54) is 11.3 Å². The summed E-state index contributed by atoms with van der Waals surface area (Å²) in [6, 6.07) is 5.40. The first-order valence-corrected chi connectivity index (χ1v) is 10.4. The number of rotatable bonds is 6. The molecule has 0 saturated heterocycles. The molecular weight excluding hydrogens is 422 g/mol. The third kappa shape index (κ3) is 4.24. The Morgan fingerprint density at radius 1 is 1.32 bits per heavy atom. The highest BCUT2D eigenvalue weighted by molar-refractivity contribution is 7.18. The zero-order chi connectivity index (χ0) is 22.1. The number of aryl methyl sites for hydroxylation is 2. The van der Waals surface area contributed by atoms with Crippen LogP contribution in [0.2, 0.25) is 0 Å². The number of carbonyl (C=O) groups is 1. The van der Waals surface area contributed by atoms with E-state index in [9.17, 15) is 9.59 Å². The van der Waals surface area contributed by atoms with Gasteiger partial charge in [0.25, 0.3) is 5.56 Å². The fraction of sp³-hybridized carbons (Fsp3) is 0.333. The van der Waals surface area contributed by atoms with Crippen LogP contribution in [0.4, 0.5) is 0 Å². The molecule has 0 saturated carbocycles. The first kappa shape index (κ1) is 20.9. The molecule has 0 amide bonds. The molecule has 1 aliphatic rings. The zero-order valence-corrected chi connectivity index (χ0v) is 18.3. The Morgan fingerprint density at radius 2 is 2.10 bits per heavy atom. The second-order valence-electron chi connectivity index (χ2n) is 7.06. The van der Waals surface area contributed by atoms with Gasteiger partial charge in [0.15, 0.2) is 23.4 Å². The van der Waals surface area contributed by atoms with E-state index in [-0.39, 0.29) is 24.8 Å². The number of nitrogens with zero attached hydrogens (tertiary/aromatic N) is 2. The fourth-order valence-corrected chi connectivity index (χ4v) is 4.14. The van der Waals surface area contributed by atoms with Crippen molar-refractivity contribution in [2.45, 2.75) is 33.8 Å². The lowest BCUT2D eigenvalue weighted by Gasteiger charge is -2.12. The molecule has 0 fully saturated rings. The Kier molecular flexibility index (Phi) is 5.64. The van der Waals surface area contributed by atoms with Gasteiger partial charge in [0, 0.05) is 10.4 Å². The Hall–Kier alpha value is -3.40. The molecule has 1 aromatic carbocycles. The van der Waals surface area contributed by atoms with Crippen molar-refractivity contribution in [2.75, 3.05) is 13.4 Å². The minimum atomic E-state index is -0.741. The van der Waals surface area contributed by atoms with Crippen LogP contribution in [-0.4, -0.2) is 35.0 Å². The number of hydrogen-bond donors (Lipinski definition) is 1. The highest BCUT2D eigenvalue weighted by Gasteiger charge is 2.19. The summed E-state index contributed by atoms with van der Waals surface area (Å²) in [5.41, 5.74) is 2.01. The number of aromatic amines is 1. The van der Waals surface area contributed by atoms with E-state index in [1.807, 2.05) is 19.9 Å². The van der Waals surface area contributed by atoms with E-state index in [0.717, 1.165) is 16.0 Å². The van der Waals surface area contributed by atoms with Crippen molar-refractivity contribution in [1.29, 1.82) is 0 Å². The number of fused-ring (bicyclic) bond motifs is 2. The molecule has 1 atom stereocenters. The Balaban J connectivity index is 1.37. The van der Waals surface area contributed by atoms with Gasteiger partial charge in [-0.2, -0.15) is 0 Å². The van der Waals surface area contributed by atoms with Crippen LogP contribution in [0.1, 0.15) is 41.8 Å². The molecule has 2 aromatic heterocycles. The maximum absolute atomic E-state index is 12.4. The minimum absolute atomic E-state index is 0.189. The normalized spacial score (nSPS) is 14.0. The maximum atomic E-state index is 12.4. The first-order chi connectivity index (χ1) is 14.8. The molecule has 0 radical (unpaired) electrons. The number of nitrogens with one attached hydrogen (secondary N) is 1. The second-order valence-corrected chi connectivity index (χ2v) is 8.27. The number of carbonyl (C=O) groups excluding carboxylic acids is 1. The standard InChI is InChI=1S/C21H21N3O6S/c1-10-13(4)31-21-18(10)20(26)22-19(23-21)12(3)30-17(25)8-29-24-11(2)14-5-6-15-16(7-14)28-9-27-15/h5-7,12H,8-9H2,1-4H3,(H,22,23,26)/b24-11-. The van der Waals surface area contributed by atoms with Gasteiger partial charge in [-0.15, -0.1) is 11.3 Å². The van der Waals surface area contributed by atoms with Gasteiger partial charge in [0.1, 0.15) is 4.83 Å². The number of thiophene rings is 1. The Labute approximate surface area is 181 Å². The van der Waals surface area contributed by atoms with Gasteiger partial charge in [-0.1, -0.05) is 5.16 Å². The second kappa shape index (κ2) is 8.38. The van der Waals surface area contributed by atoms with Crippen LogP contribution in [0.25, 0.3) is 10.2 Å². The SMILES string of the molecule is C/C(=N/OCC(=O)OC(C)c1nc2sc(C)c(C)c2c(=O)[nH]1)c1ccc2c(c1)OCO2. The van der Waals surface area contributed by atoms with Crippen molar-refractivity contribution in [2.24, 2.45) is 5.16 Å². The third-order valence-corrected chi connectivity index (χ3v) is 6.03. The van der Waals surface area contributed by atoms with Gasteiger partial charge in [0.2, 0.25) is 13.4 Å². The summed E-state index contributed by atoms with van der Waals surface area (Å²) in [4.78, 5) is 38.4. The summed E-state index contributed by atoms with van der Waals surface area (Å²) < 4.78 is 15.9. The van der Waals surface area contributed by atoms with Gasteiger partial charge >= 0.3 is 5.97 Å². The van der Waals surface area contributed by atoms with Crippen molar-refractivity contribution in [1.82, 2.24) is 9.97 Å². The van der Waals surface area contributed by atoms with Crippen molar-refractivity contribution in [3.05, 3.63) is 50.4 Å². The first-order valence-electron chi connectivity index (χ1n) is 9.59. The molecule has 31 heavy (non-hydrogen) atoms. The third-order valence-electron chi connectivity index (χ3n) is 4.92. The van der Waals surface area contributed by atoms with E-state index in [4.69, 9.17) is 19.0 Å². The van der Waals surface area contributed by atoms with Gasteiger partial charge in [-0.25, -0.2) is 9.78 Å². The number of benzene rings is 1. The van der Waals surface area contributed by atoms with E-state index < -0.39 is 12.1 Å². The van der Waals surface area contributed by atoms with Crippen molar-refractivity contribution < 1.29 is 23.8 Å². The molecule has 0 bridgehead atoms. The van der Waals surface area contributed by atoms with E-state index in [0.29, 0.717) is 27.4 Å². The van der Waals surface area contributed by atoms with Crippen molar-refractivity contribution in [3.8, 4) is 11.5 Å². The number of aromatic nitrogens is 2. The number of H-pyrrole nitrogens is 1. The molecule has 3 aromatic rings. The summed E-state index contributed by atoms with van der Waals surface area (Å²) in [6.45, 7) is 7.02. The molecule has 0 aliphatic carbocycles. The van der Waals surface area contributed by atoms with Crippen LogP contribution in [0.5, 0.6) is 11.5 Å². The summed E-state index contributed by atoms with van der Waals surface area (Å²) in [6.07, 6.45) is -0.741. The molecular formula is C21H21N3O6S. The van der Waals surface area contributed by atoms with Crippen LogP contribution < -0.4 is 15.0 Å². The number of ether oxygens (including phenoxy) is 3. The van der Waals surface area contributed by atoms with E-state index >= 15 is 0 Å². The number of hydrogen-bond acceptors (Lipinski definition) is 9. The molecule has 0 spiro atoms. The molecule has 3 heterocycles. The summed E-state index contributed by atoms with van der Waals surface area (Å²) >= 11 is 1.43. The highest BCUT2D eigenvalue weighted by Crippen LogP contribution is 2.32. The predicted octanol–water partition coefficient (Wildman–Crippen LogP) is 3.38. The smallest absolute Gasteiger partial charge is 0.347 e. The monoisotopic (exact) mass is 443 g/mol. The van der Waals surface area contributed by atoms with Gasteiger partial charge in [-0.3, -0.25) is 4.79 Å². The van der Waals surface area contributed by atoms with E-state index in [1.54, 1.807) is 26.0 Å². The fourth-order valence-electron chi connectivity index (χ4n) is 3.11. The summed E-state index contributed by atoms with van der Waals surface area (Å²) in [5, 5.41) is 4.53. The Morgan fingerprint density at radius 3 is 2.90 bits per heavy atom. The quantitative estimate of drug-likeness (QED) is 0.353. The molecule has 1 unspecified atom stereocenters. The molecule has 1 aliphatic heterocycles. The number of esters is 1. The average molecular weight is 443 g/mol. The molecule has 1 N–H and O–H groups in total. The highest BCUT2D eigenvalue weighted by atomic mass is 32.1. The van der Waals surface area contributed by atoms with Gasteiger partial charge < -0.3 is 24.0 Å². The lowest BCUT2D eigenvalue weighted by atomic mass is 10.1. The van der Waals surface area contributed by atoms with E-state index in [2.05, 4.69) is 15.1 Å².